The average Bonchev–Trinajstić information content (AvgIpc) is 2.38. The van der Waals surface area contributed by atoms with E-state index in [0.717, 1.165) is 6.54 Å². The second kappa shape index (κ2) is 2.32. The van der Waals surface area contributed by atoms with E-state index in [9.17, 15) is 4.39 Å². The van der Waals surface area contributed by atoms with Crippen molar-refractivity contribution >= 4 is 0 Å². The van der Waals surface area contributed by atoms with E-state index in [0.29, 0.717) is 19.0 Å². The molecule has 1 nitrogen and oxygen atoms in total. The van der Waals surface area contributed by atoms with E-state index in [-0.39, 0.29) is 5.41 Å². The summed E-state index contributed by atoms with van der Waals surface area (Å²) in [4.78, 5) is 2.23. The van der Waals surface area contributed by atoms with Gasteiger partial charge in [0.25, 0.3) is 0 Å². The van der Waals surface area contributed by atoms with Crippen LogP contribution in [-0.4, -0.2) is 30.2 Å². The minimum absolute atomic E-state index is 0.126. The molecule has 2 heterocycles. The van der Waals surface area contributed by atoms with E-state index >= 15 is 0 Å². The second-order valence-electron chi connectivity index (χ2n) is 4.60. The van der Waals surface area contributed by atoms with E-state index < -0.39 is 6.17 Å². The van der Waals surface area contributed by atoms with Crippen LogP contribution in [0.3, 0.4) is 0 Å². The second-order valence-corrected chi connectivity index (χ2v) is 4.60. The number of hydrogen-bond donors (Lipinski definition) is 0. The Morgan fingerprint density at radius 1 is 1.58 bits per heavy atom. The zero-order chi connectivity index (χ0) is 8.93. The molecular formula is C10H16FN. The van der Waals surface area contributed by atoms with Gasteiger partial charge < -0.3 is 0 Å². The Bertz CT molecular complexity index is 222. The molecule has 2 aliphatic heterocycles. The van der Waals surface area contributed by atoms with Gasteiger partial charge in [-0.3, -0.25) is 4.90 Å². The molecule has 2 aliphatic rings. The summed E-state index contributed by atoms with van der Waals surface area (Å²) in [7, 11) is 0. The van der Waals surface area contributed by atoms with Crippen LogP contribution in [0.5, 0.6) is 0 Å². The van der Waals surface area contributed by atoms with Crippen LogP contribution in [0.25, 0.3) is 0 Å². The molecule has 2 saturated heterocycles. The summed E-state index contributed by atoms with van der Waals surface area (Å²) in [6.07, 6.45) is 0.0915. The number of rotatable bonds is 0. The zero-order valence-electron chi connectivity index (χ0n) is 7.81. The van der Waals surface area contributed by atoms with E-state index in [4.69, 9.17) is 0 Å². The molecule has 0 aromatic heterocycles. The molecular weight excluding hydrogens is 153 g/mol. The van der Waals surface area contributed by atoms with Gasteiger partial charge in [-0.15, -0.1) is 0 Å². The lowest BCUT2D eigenvalue weighted by molar-refractivity contribution is 0.240. The van der Waals surface area contributed by atoms with Gasteiger partial charge in [0.2, 0.25) is 0 Å². The maximum Gasteiger partial charge on any atom is 0.114 e. The number of fused-ring (bicyclic) bond motifs is 1. The minimum Gasteiger partial charge on any atom is -0.293 e. The van der Waals surface area contributed by atoms with Crippen molar-refractivity contribution in [2.75, 3.05) is 13.1 Å². The predicted octanol–water partition coefficient (Wildman–Crippen LogP) is 1.99. The highest BCUT2D eigenvalue weighted by molar-refractivity contribution is 5.22. The summed E-state index contributed by atoms with van der Waals surface area (Å²) >= 11 is 0. The third kappa shape index (κ3) is 0.939. The fraction of sp³-hybridized carbons (Fsp3) is 0.800. The molecule has 0 aliphatic carbocycles. The lowest BCUT2D eigenvalue weighted by Crippen LogP contribution is -2.30. The predicted molar refractivity (Wildman–Crippen MR) is 47.8 cm³/mol. The van der Waals surface area contributed by atoms with Crippen molar-refractivity contribution < 1.29 is 4.39 Å². The van der Waals surface area contributed by atoms with Gasteiger partial charge in [-0.2, -0.15) is 0 Å². The number of hydrogen-bond acceptors (Lipinski definition) is 1. The highest BCUT2D eigenvalue weighted by Crippen LogP contribution is 2.45. The van der Waals surface area contributed by atoms with Crippen LogP contribution < -0.4 is 0 Å². The van der Waals surface area contributed by atoms with Crippen LogP contribution in [0.1, 0.15) is 20.3 Å². The Labute approximate surface area is 73.2 Å². The Morgan fingerprint density at radius 2 is 2.25 bits per heavy atom. The Balaban J connectivity index is 2.23. The van der Waals surface area contributed by atoms with Crippen molar-refractivity contribution in [3.8, 4) is 0 Å². The lowest BCUT2D eigenvalue weighted by atomic mass is 9.80. The standard InChI is InChI=1S/C10H16FN/c1-7-5-12-6-8(11)4-9(12)10(7,2)3/h8-9H,1,4-6H2,2-3H3/t8-,9+/m1/s1. The first kappa shape index (κ1) is 8.24. The van der Waals surface area contributed by atoms with E-state index in [1.165, 1.54) is 5.57 Å². The Kier molecular flexibility index (Phi) is 1.59. The molecule has 0 aromatic rings. The SMILES string of the molecule is C=C1CN2C[C@H](F)C[C@H]2C1(C)C. The quantitative estimate of drug-likeness (QED) is 0.501. The van der Waals surface area contributed by atoms with Gasteiger partial charge in [-0.25, -0.2) is 4.39 Å². The third-order valence-electron chi connectivity index (χ3n) is 3.49. The lowest BCUT2D eigenvalue weighted by Gasteiger charge is -2.26. The zero-order valence-corrected chi connectivity index (χ0v) is 7.81. The molecule has 0 bridgehead atoms. The van der Waals surface area contributed by atoms with E-state index in [1.54, 1.807) is 0 Å². The monoisotopic (exact) mass is 169 g/mol. The van der Waals surface area contributed by atoms with Gasteiger partial charge in [0.15, 0.2) is 0 Å². The molecule has 0 N–H and O–H groups in total. The highest BCUT2D eigenvalue weighted by Gasteiger charge is 2.48. The van der Waals surface area contributed by atoms with Gasteiger partial charge >= 0.3 is 0 Å². The van der Waals surface area contributed by atoms with E-state index in [2.05, 4.69) is 25.3 Å². The van der Waals surface area contributed by atoms with Crippen LogP contribution in [0.4, 0.5) is 4.39 Å². The molecule has 2 rings (SSSR count). The molecule has 68 valence electrons. The van der Waals surface area contributed by atoms with Crippen molar-refractivity contribution in [2.45, 2.75) is 32.5 Å². The van der Waals surface area contributed by atoms with Crippen molar-refractivity contribution in [1.29, 1.82) is 0 Å². The number of alkyl halides is 1. The van der Waals surface area contributed by atoms with Gasteiger partial charge in [-0.1, -0.05) is 26.0 Å². The first-order valence-electron chi connectivity index (χ1n) is 4.58. The summed E-state index contributed by atoms with van der Waals surface area (Å²) < 4.78 is 13.0. The fourth-order valence-corrected chi connectivity index (χ4v) is 2.46. The van der Waals surface area contributed by atoms with Gasteiger partial charge in [0.05, 0.1) is 0 Å². The van der Waals surface area contributed by atoms with Crippen LogP contribution in [0.2, 0.25) is 0 Å². The molecule has 0 aromatic carbocycles. The van der Waals surface area contributed by atoms with Gasteiger partial charge in [0, 0.05) is 24.5 Å². The Morgan fingerprint density at radius 3 is 2.83 bits per heavy atom. The third-order valence-corrected chi connectivity index (χ3v) is 3.49. The maximum absolute atomic E-state index is 13.0. The van der Waals surface area contributed by atoms with Gasteiger partial charge in [-0.05, 0) is 6.42 Å². The topological polar surface area (TPSA) is 3.24 Å². The highest BCUT2D eigenvalue weighted by atomic mass is 19.1. The summed E-state index contributed by atoms with van der Waals surface area (Å²) in [5.41, 5.74) is 1.39. The summed E-state index contributed by atoms with van der Waals surface area (Å²) in [6.45, 7) is 9.93. The van der Waals surface area contributed by atoms with Crippen molar-refractivity contribution in [2.24, 2.45) is 5.41 Å². The Hall–Kier alpha value is -0.370. The molecule has 12 heavy (non-hydrogen) atoms. The smallest absolute Gasteiger partial charge is 0.114 e. The van der Waals surface area contributed by atoms with Crippen LogP contribution in [0, 0.1) is 5.41 Å². The molecule has 0 unspecified atom stereocenters. The molecule has 2 heteroatoms. The average molecular weight is 169 g/mol. The fourth-order valence-electron chi connectivity index (χ4n) is 2.46. The molecule has 0 amide bonds. The molecule has 0 radical (unpaired) electrons. The minimum atomic E-state index is -0.609. The number of nitrogens with zero attached hydrogens (tertiary/aromatic N) is 1. The summed E-state index contributed by atoms with van der Waals surface area (Å²) in [5.74, 6) is 0. The number of halogens is 1. The van der Waals surface area contributed by atoms with Crippen LogP contribution in [-0.2, 0) is 0 Å². The van der Waals surface area contributed by atoms with Crippen molar-refractivity contribution in [1.82, 2.24) is 4.90 Å². The maximum atomic E-state index is 13.0. The summed E-state index contributed by atoms with van der Waals surface area (Å²) in [5, 5.41) is 0. The van der Waals surface area contributed by atoms with Crippen molar-refractivity contribution in [3.63, 3.8) is 0 Å². The molecule has 0 saturated carbocycles. The normalized spacial score (nSPS) is 40.4. The van der Waals surface area contributed by atoms with Crippen molar-refractivity contribution in [3.05, 3.63) is 12.2 Å². The van der Waals surface area contributed by atoms with Crippen LogP contribution >= 0.6 is 0 Å². The summed E-state index contributed by atoms with van der Waals surface area (Å²) in [6, 6.07) is 0.403. The molecule has 2 atom stereocenters. The van der Waals surface area contributed by atoms with E-state index in [1.807, 2.05) is 0 Å². The molecule has 0 spiro atoms. The first-order chi connectivity index (χ1) is 5.51. The first-order valence-corrected chi connectivity index (χ1v) is 4.58. The van der Waals surface area contributed by atoms with Crippen LogP contribution in [0.15, 0.2) is 12.2 Å². The van der Waals surface area contributed by atoms with Gasteiger partial charge in [0.1, 0.15) is 6.17 Å². The largest absolute Gasteiger partial charge is 0.293 e. The molecule has 2 fully saturated rings.